The first-order valence-corrected chi connectivity index (χ1v) is 7.91. The van der Waals surface area contributed by atoms with Gasteiger partial charge in [0.2, 0.25) is 12.0 Å². The highest BCUT2D eigenvalue weighted by Gasteiger charge is 2.45. The average molecular weight is 364 g/mol. The minimum atomic E-state index is -1.61. The van der Waals surface area contributed by atoms with Crippen LogP contribution < -0.4 is 10.4 Å². The predicted octanol–water partition coefficient (Wildman–Crippen LogP) is -0.282. The van der Waals surface area contributed by atoms with Gasteiger partial charge in [0, 0.05) is 16.8 Å². The van der Waals surface area contributed by atoms with E-state index in [0.29, 0.717) is 10.8 Å². The van der Waals surface area contributed by atoms with E-state index in [2.05, 4.69) is 0 Å². The van der Waals surface area contributed by atoms with Crippen LogP contribution in [0.5, 0.6) is 5.75 Å². The van der Waals surface area contributed by atoms with E-state index in [1.54, 1.807) is 18.2 Å². The molecule has 4 rings (SSSR count). The van der Waals surface area contributed by atoms with Gasteiger partial charge in [-0.2, -0.15) is 0 Å². The predicted molar refractivity (Wildman–Crippen MR) is 86.7 cm³/mol. The molecule has 9 heteroatoms. The maximum Gasteiger partial charge on any atom is 0.336 e. The second-order valence-electron chi connectivity index (χ2n) is 6.03. The molecular formula is C17H16O9. The van der Waals surface area contributed by atoms with E-state index in [1.165, 1.54) is 12.3 Å². The van der Waals surface area contributed by atoms with Gasteiger partial charge >= 0.3 is 5.63 Å². The number of rotatable bonds is 3. The summed E-state index contributed by atoms with van der Waals surface area (Å²) in [6.07, 6.45) is -5.86. The average Bonchev–Trinajstić information content (AvgIpc) is 3.10. The summed E-state index contributed by atoms with van der Waals surface area (Å²) in [6.45, 7) is -0.592. The number of benzene rings is 1. The lowest BCUT2D eigenvalue weighted by Gasteiger charge is -2.39. The van der Waals surface area contributed by atoms with Crippen LogP contribution in [0.25, 0.3) is 21.9 Å². The molecule has 1 saturated heterocycles. The van der Waals surface area contributed by atoms with Crippen LogP contribution in [0.2, 0.25) is 0 Å². The second kappa shape index (κ2) is 6.38. The first-order valence-electron chi connectivity index (χ1n) is 7.91. The van der Waals surface area contributed by atoms with Crippen LogP contribution in [-0.2, 0) is 4.74 Å². The first kappa shape index (κ1) is 17.0. The van der Waals surface area contributed by atoms with E-state index in [9.17, 15) is 25.2 Å². The molecule has 0 unspecified atom stereocenters. The zero-order chi connectivity index (χ0) is 18.4. The van der Waals surface area contributed by atoms with Crippen molar-refractivity contribution < 1.29 is 38.7 Å². The Labute approximate surface area is 145 Å². The number of aliphatic hydroxyl groups excluding tert-OH is 4. The Morgan fingerprint density at radius 3 is 2.54 bits per heavy atom. The summed E-state index contributed by atoms with van der Waals surface area (Å²) < 4.78 is 21.6. The Bertz CT molecular complexity index is 989. The molecule has 3 aromatic rings. The Morgan fingerprint density at radius 2 is 1.77 bits per heavy atom. The van der Waals surface area contributed by atoms with Crippen molar-refractivity contribution in [3.8, 4) is 5.75 Å². The normalized spacial score (nSPS) is 29.3. The third kappa shape index (κ3) is 2.66. The number of fused-ring (bicyclic) bond motifs is 2. The number of aliphatic hydroxyl groups is 4. The lowest BCUT2D eigenvalue weighted by molar-refractivity contribution is -0.277. The zero-order valence-electron chi connectivity index (χ0n) is 13.3. The van der Waals surface area contributed by atoms with Crippen LogP contribution in [0, 0.1) is 0 Å². The highest BCUT2D eigenvalue weighted by atomic mass is 16.7. The molecule has 4 N–H and O–H groups in total. The van der Waals surface area contributed by atoms with E-state index in [4.69, 9.17) is 18.3 Å². The molecule has 0 spiro atoms. The quantitative estimate of drug-likeness (QED) is 0.461. The maximum absolute atomic E-state index is 11.6. The number of hydrogen-bond acceptors (Lipinski definition) is 9. The molecule has 138 valence electrons. The smallest absolute Gasteiger partial charge is 0.336 e. The molecule has 1 aliphatic heterocycles. The first-order chi connectivity index (χ1) is 12.5. The summed E-state index contributed by atoms with van der Waals surface area (Å²) in [5, 5.41) is 40.4. The van der Waals surface area contributed by atoms with Gasteiger partial charge < -0.3 is 38.7 Å². The minimum absolute atomic E-state index is 0.00419. The Hall–Kier alpha value is -2.43. The summed E-state index contributed by atoms with van der Waals surface area (Å²) in [5.41, 5.74) is -0.275. The van der Waals surface area contributed by atoms with Gasteiger partial charge in [0.15, 0.2) is 11.2 Å². The van der Waals surface area contributed by atoms with Gasteiger partial charge in [0.1, 0.15) is 24.4 Å². The van der Waals surface area contributed by atoms with E-state index < -0.39 is 42.9 Å². The van der Waals surface area contributed by atoms with Gasteiger partial charge in [-0.25, -0.2) is 4.79 Å². The number of hydrogen-bond donors (Lipinski definition) is 4. The van der Waals surface area contributed by atoms with Crippen molar-refractivity contribution in [2.75, 3.05) is 6.61 Å². The summed E-state index contributed by atoms with van der Waals surface area (Å²) in [5.74, 6) is 0.00419. The molecule has 2 aromatic heterocycles. The van der Waals surface area contributed by atoms with Gasteiger partial charge in [-0.15, -0.1) is 0 Å². The van der Waals surface area contributed by atoms with Crippen LogP contribution in [0.15, 0.2) is 44.2 Å². The molecule has 0 saturated carbocycles. The standard InChI is InChI=1S/C17H16O9/c18-6-9-11(20)12(21)13(22)17(24-9)26-16-14-8(3-4-23-14)5-7-1-2-10(19)25-15(7)16/h1-5,9,11-13,17-18,20-22H,6H2/t9-,11-,12+,13-,17+/m1/s1. The van der Waals surface area contributed by atoms with Crippen LogP contribution in [0.3, 0.4) is 0 Å². The van der Waals surface area contributed by atoms with Crippen molar-refractivity contribution in [1.82, 2.24) is 0 Å². The maximum atomic E-state index is 11.6. The molecule has 3 heterocycles. The molecule has 0 amide bonds. The van der Waals surface area contributed by atoms with Gasteiger partial charge in [0.25, 0.3) is 0 Å². The molecule has 1 aliphatic rings. The molecule has 5 atom stereocenters. The largest absolute Gasteiger partial charge is 0.460 e. The summed E-state index contributed by atoms with van der Waals surface area (Å²) in [7, 11) is 0. The molecule has 0 aliphatic carbocycles. The van der Waals surface area contributed by atoms with E-state index in [0.717, 1.165) is 0 Å². The molecule has 1 fully saturated rings. The molecule has 1 aromatic carbocycles. The van der Waals surface area contributed by atoms with Crippen molar-refractivity contribution in [3.63, 3.8) is 0 Å². The van der Waals surface area contributed by atoms with Gasteiger partial charge in [-0.3, -0.25) is 0 Å². The fourth-order valence-corrected chi connectivity index (χ4v) is 2.99. The van der Waals surface area contributed by atoms with Crippen molar-refractivity contribution in [3.05, 3.63) is 40.9 Å². The van der Waals surface area contributed by atoms with Crippen LogP contribution >= 0.6 is 0 Å². The lowest BCUT2D eigenvalue weighted by atomic mass is 9.99. The zero-order valence-corrected chi connectivity index (χ0v) is 13.3. The molecule has 0 radical (unpaired) electrons. The second-order valence-corrected chi connectivity index (χ2v) is 6.03. The summed E-state index contributed by atoms with van der Waals surface area (Å²) in [4.78, 5) is 11.6. The molecule has 26 heavy (non-hydrogen) atoms. The van der Waals surface area contributed by atoms with Crippen molar-refractivity contribution in [2.24, 2.45) is 0 Å². The van der Waals surface area contributed by atoms with E-state index >= 15 is 0 Å². The molecular weight excluding hydrogens is 348 g/mol. The fourth-order valence-electron chi connectivity index (χ4n) is 2.99. The monoisotopic (exact) mass is 364 g/mol. The van der Waals surface area contributed by atoms with Crippen molar-refractivity contribution in [2.45, 2.75) is 30.7 Å². The molecule has 0 bridgehead atoms. The van der Waals surface area contributed by atoms with E-state index in [1.807, 2.05) is 0 Å². The van der Waals surface area contributed by atoms with Gasteiger partial charge in [-0.1, -0.05) is 0 Å². The minimum Gasteiger partial charge on any atom is -0.460 e. The van der Waals surface area contributed by atoms with Crippen molar-refractivity contribution >= 4 is 21.9 Å². The van der Waals surface area contributed by atoms with Crippen LogP contribution in [0.4, 0.5) is 0 Å². The van der Waals surface area contributed by atoms with E-state index in [-0.39, 0.29) is 16.9 Å². The fraction of sp³-hybridized carbons (Fsp3) is 0.353. The topological polar surface area (TPSA) is 143 Å². The highest BCUT2D eigenvalue weighted by molar-refractivity contribution is 5.99. The van der Waals surface area contributed by atoms with Crippen LogP contribution in [0.1, 0.15) is 0 Å². The molecule has 9 nitrogen and oxygen atoms in total. The van der Waals surface area contributed by atoms with Crippen LogP contribution in [-0.4, -0.2) is 57.7 Å². The third-order valence-corrected chi connectivity index (χ3v) is 4.37. The lowest BCUT2D eigenvalue weighted by Crippen LogP contribution is -2.60. The number of ether oxygens (including phenoxy) is 2. The Morgan fingerprint density at radius 1 is 1.00 bits per heavy atom. The Kier molecular flexibility index (Phi) is 4.17. The van der Waals surface area contributed by atoms with Gasteiger partial charge in [-0.05, 0) is 18.2 Å². The summed E-state index contributed by atoms with van der Waals surface area (Å²) in [6, 6.07) is 6.22. The number of furan rings is 1. The summed E-state index contributed by atoms with van der Waals surface area (Å²) >= 11 is 0. The van der Waals surface area contributed by atoms with Gasteiger partial charge in [0.05, 0.1) is 12.9 Å². The third-order valence-electron chi connectivity index (χ3n) is 4.37. The van der Waals surface area contributed by atoms with Crippen molar-refractivity contribution in [1.29, 1.82) is 0 Å². The Balaban J connectivity index is 1.81. The SMILES string of the molecule is O=c1ccc2cc3ccoc3c(O[C@@H]3O[C@H](CO)[C@@H](O)[C@H](O)[C@H]3O)c2o1. The highest BCUT2D eigenvalue weighted by Crippen LogP contribution is 2.37.